The van der Waals surface area contributed by atoms with Crippen molar-refractivity contribution >= 4 is 11.6 Å². The van der Waals surface area contributed by atoms with Gasteiger partial charge in [0.15, 0.2) is 0 Å². The Morgan fingerprint density at radius 3 is 2.12 bits per heavy atom. The molecule has 0 aliphatic heterocycles. The summed E-state index contributed by atoms with van der Waals surface area (Å²) in [5.74, 6) is 1.79. The van der Waals surface area contributed by atoms with Gasteiger partial charge in [-0.25, -0.2) is 4.39 Å². The van der Waals surface area contributed by atoms with Crippen LogP contribution >= 0.6 is 11.6 Å². The first-order valence-electron chi connectivity index (χ1n) is 6.49. The van der Waals surface area contributed by atoms with Crippen molar-refractivity contribution in [2.75, 3.05) is 5.88 Å². The zero-order chi connectivity index (χ0) is 12.7. The molecule has 0 bridgehead atoms. The molecule has 0 saturated carbocycles. The molecule has 0 N–H and O–H groups in total. The van der Waals surface area contributed by atoms with E-state index in [1.165, 1.54) is 37.0 Å². The molecule has 17 heavy (non-hydrogen) atoms. The summed E-state index contributed by atoms with van der Waals surface area (Å²) in [5, 5.41) is 0. The van der Waals surface area contributed by atoms with Crippen molar-refractivity contribution in [2.45, 2.75) is 39.5 Å². The lowest BCUT2D eigenvalue weighted by Gasteiger charge is -2.20. The van der Waals surface area contributed by atoms with E-state index in [2.05, 4.69) is 13.8 Å². The van der Waals surface area contributed by atoms with Gasteiger partial charge in [-0.05, 0) is 42.4 Å². The van der Waals surface area contributed by atoms with Gasteiger partial charge in [-0.3, -0.25) is 0 Å². The van der Waals surface area contributed by atoms with E-state index in [4.69, 9.17) is 11.6 Å². The van der Waals surface area contributed by atoms with Gasteiger partial charge in [-0.1, -0.05) is 38.8 Å². The van der Waals surface area contributed by atoms with Crippen LogP contribution in [0.25, 0.3) is 0 Å². The SMILES string of the molecule is CCC(CC)CC(CCl)Cc1ccc(F)cc1. The first-order chi connectivity index (χ1) is 8.19. The molecule has 0 aliphatic rings. The maximum Gasteiger partial charge on any atom is 0.123 e. The van der Waals surface area contributed by atoms with Gasteiger partial charge in [-0.2, -0.15) is 0 Å². The highest BCUT2D eigenvalue weighted by Crippen LogP contribution is 2.23. The van der Waals surface area contributed by atoms with E-state index in [9.17, 15) is 4.39 Å². The smallest absolute Gasteiger partial charge is 0.123 e. The average Bonchev–Trinajstić information content (AvgIpc) is 2.37. The van der Waals surface area contributed by atoms with Gasteiger partial charge >= 0.3 is 0 Å². The Morgan fingerprint density at radius 1 is 1.06 bits per heavy atom. The van der Waals surface area contributed by atoms with Gasteiger partial charge in [-0.15, -0.1) is 11.6 Å². The molecule has 1 rings (SSSR count). The molecule has 0 spiro atoms. The third-order valence-corrected chi connectivity index (χ3v) is 3.91. The van der Waals surface area contributed by atoms with E-state index in [0.717, 1.165) is 12.3 Å². The van der Waals surface area contributed by atoms with Crippen molar-refractivity contribution in [3.63, 3.8) is 0 Å². The van der Waals surface area contributed by atoms with Crippen molar-refractivity contribution < 1.29 is 4.39 Å². The number of rotatable bonds is 7. The molecule has 96 valence electrons. The van der Waals surface area contributed by atoms with Crippen molar-refractivity contribution in [1.29, 1.82) is 0 Å². The Hall–Kier alpha value is -0.560. The molecule has 1 aromatic carbocycles. The van der Waals surface area contributed by atoms with Gasteiger partial charge in [0.1, 0.15) is 5.82 Å². The molecule has 0 fully saturated rings. The van der Waals surface area contributed by atoms with Crippen LogP contribution in [0, 0.1) is 17.7 Å². The van der Waals surface area contributed by atoms with E-state index in [1.54, 1.807) is 0 Å². The van der Waals surface area contributed by atoms with Crippen molar-refractivity contribution in [3.8, 4) is 0 Å². The van der Waals surface area contributed by atoms with Gasteiger partial charge < -0.3 is 0 Å². The topological polar surface area (TPSA) is 0 Å². The van der Waals surface area contributed by atoms with Gasteiger partial charge in [0.05, 0.1) is 0 Å². The molecule has 0 heterocycles. The summed E-state index contributed by atoms with van der Waals surface area (Å²) in [6.45, 7) is 4.47. The third kappa shape index (κ3) is 5.08. The summed E-state index contributed by atoms with van der Waals surface area (Å²) in [6.07, 6.45) is 4.56. The van der Waals surface area contributed by atoms with Crippen LogP contribution < -0.4 is 0 Å². The number of halogens is 2. The van der Waals surface area contributed by atoms with E-state index >= 15 is 0 Å². The van der Waals surface area contributed by atoms with E-state index in [-0.39, 0.29) is 5.82 Å². The Kier molecular flexibility index (Phi) is 6.57. The number of hydrogen-bond donors (Lipinski definition) is 0. The Balaban J connectivity index is 2.54. The van der Waals surface area contributed by atoms with Crippen molar-refractivity contribution in [2.24, 2.45) is 11.8 Å². The molecule has 2 heteroatoms. The predicted molar refractivity (Wildman–Crippen MR) is 73.0 cm³/mol. The van der Waals surface area contributed by atoms with Crippen LogP contribution in [0.4, 0.5) is 4.39 Å². The first kappa shape index (κ1) is 14.5. The molecule has 0 radical (unpaired) electrons. The molecular weight excluding hydrogens is 235 g/mol. The van der Waals surface area contributed by atoms with Crippen molar-refractivity contribution in [1.82, 2.24) is 0 Å². The molecule has 0 aliphatic carbocycles. The lowest BCUT2D eigenvalue weighted by atomic mass is 9.88. The van der Waals surface area contributed by atoms with Crippen LogP contribution in [0.5, 0.6) is 0 Å². The maximum absolute atomic E-state index is 12.8. The molecule has 0 aromatic heterocycles. The van der Waals surface area contributed by atoms with Gasteiger partial charge in [0.2, 0.25) is 0 Å². The van der Waals surface area contributed by atoms with Crippen LogP contribution in [0.1, 0.15) is 38.7 Å². The largest absolute Gasteiger partial charge is 0.207 e. The Morgan fingerprint density at radius 2 is 1.65 bits per heavy atom. The fourth-order valence-electron chi connectivity index (χ4n) is 2.25. The maximum atomic E-state index is 12.8. The normalized spacial score (nSPS) is 13.0. The summed E-state index contributed by atoms with van der Waals surface area (Å²) >= 11 is 6.03. The van der Waals surface area contributed by atoms with E-state index in [1.807, 2.05) is 12.1 Å². The fourth-order valence-corrected chi connectivity index (χ4v) is 2.48. The first-order valence-corrected chi connectivity index (χ1v) is 7.03. The summed E-state index contributed by atoms with van der Waals surface area (Å²) in [6, 6.07) is 6.78. The number of alkyl halides is 1. The second kappa shape index (κ2) is 7.71. The molecular formula is C15H22ClF. The monoisotopic (exact) mass is 256 g/mol. The summed E-state index contributed by atoms with van der Waals surface area (Å²) in [4.78, 5) is 0. The third-order valence-electron chi connectivity index (χ3n) is 3.48. The second-order valence-electron chi connectivity index (χ2n) is 4.77. The lowest BCUT2D eigenvalue weighted by Crippen LogP contribution is -2.12. The fraction of sp³-hybridized carbons (Fsp3) is 0.600. The second-order valence-corrected chi connectivity index (χ2v) is 5.08. The van der Waals surface area contributed by atoms with Crippen LogP contribution in [-0.4, -0.2) is 5.88 Å². The zero-order valence-electron chi connectivity index (χ0n) is 10.8. The Labute approximate surface area is 109 Å². The van der Waals surface area contributed by atoms with Crippen LogP contribution in [-0.2, 0) is 6.42 Å². The number of benzene rings is 1. The molecule has 0 amide bonds. The van der Waals surface area contributed by atoms with Crippen LogP contribution in [0.2, 0.25) is 0 Å². The van der Waals surface area contributed by atoms with Crippen LogP contribution in [0.3, 0.4) is 0 Å². The highest BCUT2D eigenvalue weighted by Gasteiger charge is 2.14. The quantitative estimate of drug-likeness (QED) is 0.599. The standard InChI is InChI=1S/C15H22ClF/c1-3-12(4-2)9-14(11-16)10-13-5-7-15(17)8-6-13/h5-8,12,14H,3-4,9-11H2,1-2H3. The Bertz CT molecular complexity index is 303. The van der Waals surface area contributed by atoms with Gasteiger partial charge in [0, 0.05) is 5.88 Å². The summed E-state index contributed by atoms with van der Waals surface area (Å²) < 4.78 is 12.8. The summed E-state index contributed by atoms with van der Waals surface area (Å²) in [5.41, 5.74) is 1.18. The van der Waals surface area contributed by atoms with Gasteiger partial charge in [0.25, 0.3) is 0 Å². The zero-order valence-corrected chi connectivity index (χ0v) is 11.5. The molecule has 1 unspecified atom stereocenters. The van der Waals surface area contributed by atoms with E-state index in [0.29, 0.717) is 11.8 Å². The molecule has 1 atom stereocenters. The van der Waals surface area contributed by atoms with Crippen molar-refractivity contribution in [3.05, 3.63) is 35.6 Å². The highest BCUT2D eigenvalue weighted by atomic mass is 35.5. The minimum Gasteiger partial charge on any atom is -0.207 e. The molecule has 0 saturated heterocycles. The minimum atomic E-state index is -0.170. The predicted octanol–water partition coefficient (Wildman–Crippen LogP) is 5.05. The summed E-state index contributed by atoms with van der Waals surface area (Å²) in [7, 11) is 0. The molecule has 0 nitrogen and oxygen atoms in total. The minimum absolute atomic E-state index is 0.170. The van der Waals surface area contributed by atoms with E-state index < -0.39 is 0 Å². The average molecular weight is 257 g/mol. The lowest BCUT2D eigenvalue weighted by molar-refractivity contribution is 0.372. The highest BCUT2D eigenvalue weighted by molar-refractivity contribution is 6.18. The molecule has 1 aromatic rings. The number of hydrogen-bond acceptors (Lipinski definition) is 0. The van der Waals surface area contributed by atoms with Crippen LogP contribution in [0.15, 0.2) is 24.3 Å².